The minimum Gasteiger partial charge on any atom is -0.481 e. The maximum absolute atomic E-state index is 12.4. The highest BCUT2D eigenvalue weighted by molar-refractivity contribution is 7.80. The Labute approximate surface area is 171 Å². The Balaban J connectivity index is 1.87. The third kappa shape index (κ3) is 5.23. The van der Waals surface area contributed by atoms with Gasteiger partial charge in [0.05, 0.1) is 11.7 Å². The molecule has 0 saturated carbocycles. The van der Waals surface area contributed by atoms with Crippen molar-refractivity contribution in [2.24, 2.45) is 0 Å². The molecule has 2 unspecified atom stereocenters. The summed E-state index contributed by atoms with van der Waals surface area (Å²) in [6.07, 6.45) is 0.0356. The Morgan fingerprint density at radius 3 is 2.64 bits per heavy atom. The zero-order valence-corrected chi connectivity index (χ0v) is 17.4. The van der Waals surface area contributed by atoms with Crippen LogP contribution in [-0.4, -0.2) is 22.8 Å². The van der Waals surface area contributed by atoms with Crippen molar-refractivity contribution < 1.29 is 14.3 Å². The predicted molar refractivity (Wildman–Crippen MR) is 115 cm³/mol. The molecule has 2 N–H and O–H groups in total. The second-order valence-corrected chi connectivity index (χ2v) is 8.33. The third-order valence-electron chi connectivity index (χ3n) is 4.31. The molecule has 0 spiro atoms. The van der Waals surface area contributed by atoms with Crippen molar-refractivity contribution in [2.75, 3.05) is 5.32 Å². The Morgan fingerprint density at radius 1 is 1.25 bits per heavy atom. The summed E-state index contributed by atoms with van der Waals surface area (Å²) in [6, 6.07) is 15.6. The number of benzene rings is 2. The van der Waals surface area contributed by atoms with Crippen molar-refractivity contribution in [1.29, 1.82) is 0 Å². The first-order chi connectivity index (χ1) is 13.2. The standard InChI is InChI=1S/C22H26N2O3S/c1-14-20(28)23-18-13-16(10-11-19(18)26-14)17(12-15-8-6-5-7-9-15)24-21(25)27-22(2,3)4/h5-11,13-14,17H,12H2,1-4H3,(H,23,28)(H,24,25). The summed E-state index contributed by atoms with van der Waals surface area (Å²) in [5, 5.41) is 6.23. The van der Waals surface area contributed by atoms with E-state index in [1.165, 1.54) is 0 Å². The highest BCUT2D eigenvalue weighted by Gasteiger charge is 2.24. The monoisotopic (exact) mass is 398 g/mol. The molecule has 5 nitrogen and oxygen atoms in total. The lowest BCUT2D eigenvalue weighted by Crippen LogP contribution is -2.36. The van der Waals surface area contributed by atoms with Gasteiger partial charge in [-0.05, 0) is 57.4 Å². The van der Waals surface area contributed by atoms with E-state index in [2.05, 4.69) is 10.6 Å². The summed E-state index contributed by atoms with van der Waals surface area (Å²) in [4.78, 5) is 13.1. The van der Waals surface area contributed by atoms with Crippen LogP contribution in [0.4, 0.5) is 10.5 Å². The Morgan fingerprint density at radius 2 is 1.96 bits per heavy atom. The second-order valence-electron chi connectivity index (χ2n) is 7.89. The molecule has 1 aliphatic rings. The van der Waals surface area contributed by atoms with Gasteiger partial charge in [0.2, 0.25) is 0 Å². The van der Waals surface area contributed by atoms with Gasteiger partial charge in [-0.15, -0.1) is 0 Å². The van der Waals surface area contributed by atoms with Crippen LogP contribution in [-0.2, 0) is 11.2 Å². The number of amides is 1. The molecular formula is C22H26N2O3S. The number of ether oxygens (including phenoxy) is 2. The molecule has 2 aromatic rings. The first kappa shape index (κ1) is 20.1. The second kappa shape index (κ2) is 8.19. The fourth-order valence-corrected chi connectivity index (χ4v) is 3.15. The van der Waals surface area contributed by atoms with Gasteiger partial charge in [0.15, 0.2) is 0 Å². The molecule has 148 valence electrons. The first-order valence-corrected chi connectivity index (χ1v) is 9.77. The molecular weight excluding hydrogens is 372 g/mol. The summed E-state index contributed by atoms with van der Waals surface area (Å²) in [5.74, 6) is 0.751. The third-order valence-corrected chi connectivity index (χ3v) is 4.74. The van der Waals surface area contributed by atoms with Crippen molar-refractivity contribution in [3.63, 3.8) is 0 Å². The van der Waals surface area contributed by atoms with Crippen LogP contribution in [0.1, 0.15) is 44.9 Å². The SMILES string of the molecule is CC1Oc2ccc(C(Cc3ccccc3)NC(=O)OC(C)(C)C)cc2NC1=S. The molecule has 3 rings (SSSR count). The number of rotatable bonds is 4. The first-order valence-electron chi connectivity index (χ1n) is 9.36. The number of fused-ring (bicyclic) bond motifs is 1. The summed E-state index contributed by atoms with van der Waals surface area (Å²) in [5.41, 5.74) is 2.32. The van der Waals surface area contributed by atoms with Crippen molar-refractivity contribution in [3.8, 4) is 5.75 Å². The molecule has 2 atom stereocenters. The van der Waals surface area contributed by atoms with Crippen LogP contribution in [0, 0.1) is 0 Å². The molecule has 0 saturated heterocycles. The number of thiocarbonyl (C=S) groups is 1. The van der Waals surface area contributed by atoms with Gasteiger partial charge in [-0.3, -0.25) is 0 Å². The van der Waals surface area contributed by atoms with E-state index >= 15 is 0 Å². The number of alkyl carbamates (subject to hydrolysis) is 1. The number of nitrogens with one attached hydrogen (secondary N) is 2. The van der Waals surface area contributed by atoms with Gasteiger partial charge in [0.1, 0.15) is 22.4 Å². The van der Waals surface area contributed by atoms with Crippen molar-refractivity contribution in [2.45, 2.75) is 51.9 Å². The predicted octanol–water partition coefficient (Wildman–Crippen LogP) is 5.02. The van der Waals surface area contributed by atoms with Crippen LogP contribution in [0.15, 0.2) is 48.5 Å². The Kier molecular flexibility index (Phi) is 5.89. The molecule has 0 aromatic heterocycles. The van der Waals surface area contributed by atoms with Gasteiger partial charge < -0.3 is 20.1 Å². The number of anilines is 1. The van der Waals surface area contributed by atoms with E-state index in [0.717, 1.165) is 22.6 Å². The van der Waals surface area contributed by atoms with Crippen molar-refractivity contribution in [3.05, 3.63) is 59.7 Å². The van der Waals surface area contributed by atoms with Crippen LogP contribution in [0.2, 0.25) is 0 Å². The van der Waals surface area contributed by atoms with Gasteiger partial charge >= 0.3 is 6.09 Å². The zero-order valence-electron chi connectivity index (χ0n) is 16.6. The average molecular weight is 399 g/mol. The highest BCUT2D eigenvalue weighted by atomic mass is 32.1. The van der Waals surface area contributed by atoms with Gasteiger partial charge in [-0.1, -0.05) is 48.6 Å². The lowest BCUT2D eigenvalue weighted by atomic mass is 9.98. The number of carbonyl (C=O) groups is 1. The number of carbonyl (C=O) groups excluding carboxylic acids is 1. The van der Waals surface area contributed by atoms with Gasteiger partial charge in [0, 0.05) is 0 Å². The van der Waals surface area contributed by atoms with Crippen molar-refractivity contribution in [1.82, 2.24) is 5.32 Å². The average Bonchev–Trinajstić information content (AvgIpc) is 2.61. The van der Waals surface area contributed by atoms with Gasteiger partial charge in [-0.2, -0.15) is 0 Å². The van der Waals surface area contributed by atoms with E-state index < -0.39 is 11.7 Å². The molecule has 0 bridgehead atoms. The number of hydrogen-bond donors (Lipinski definition) is 2. The molecule has 0 radical (unpaired) electrons. The molecule has 6 heteroatoms. The van der Waals surface area contributed by atoms with Crippen LogP contribution in [0.3, 0.4) is 0 Å². The largest absolute Gasteiger partial charge is 0.481 e. The fourth-order valence-electron chi connectivity index (χ4n) is 2.99. The minimum atomic E-state index is -0.561. The van der Waals surface area contributed by atoms with E-state index in [0.29, 0.717) is 11.4 Å². The molecule has 1 heterocycles. The minimum absolute atomic E-state index is 0.159. The van der Waals surface area contributed by atoms with E-state index in [1.54, 1.807) is 0 Å². The molecule has 1 amide bonds. The van der Waals surface area contributed by atoms with Crippen LogP contribution >= 0.6 is 12.2 Å². The summed E-state index contributed by atoms with van der Waals surface area (Å²) >= 11 is 5.32. The van der Waals surface area contributed by atoms with E-state index in [-0.39, 0.29) is 12.1 Å². The van der Waals surface area contributed by atoms with E-state index in [1.807, 2.05) is 76.2 Å². The van der Waals surface area contributed by atoms with Crippen molar-refractivity contribution >= 4 is 29.0 Å². The summed E-state index contributed by atoms with van der Waals surface area (Å²) in [7, 11) is 0. The molecule has 2 aromatic carbocycles. The molecule has 0 aliphatic carbocycles. The van der Waals surface area contributed by atoms with Crippen LogP contribution < -0.4 is 15.4 Å². The van der Waals surface area contributed by atoms with Gasteiger partial charge in [-0.25, -0.2) is 4.79 Å². The maximum Gasteiger partial charge on any atom is 0.408 e. The maximum atomic E-state index is 12.4. The van der Waals surface area contributed by atoms with Gasteiger partial charge in [0.25, 0.3) is 0 Å². The van der Waals surface area contributed by atoms with Crippen LogP contribution in [0.25, 0.3) is 0 Å². The molecule has 1 aliphatic heterocycles. The Bertz CT molecular complexity index is 862. The summed E-state index contributed by atoms with van der Waals surface area (Å²) < 4.78 is 11.3. The quantitative estimate of drug-likeness (QED) is 0.709. The lowest BCUT2D eigenvalue weighted by Gasteiger charge is -2.28. The highest BCUT2D eigenvalue weighted by Crippen LogP contribution is 2.33. The molecule has 0 fully saturated rings. The smallest absolute Gasteiger partial charge is 0.408 e. The lowest BCUT2D eigenvalue weighted by molar-refractivity contribution is 0.0503. The van der Waals surface area contributed by atoms with Crippen LogP contribution in [0.5, 0.6) is 5.75 Å². The molecule has 28 heavy (non-hydrogen) atoms. The Hall–Kier alpha value is -2.60. The van der Waals surface area contributed by atoms with E-state index in [4.69, 9.17) is 21.7 Å². The normalized spacial score (nSPS) is 17.0. The van der Waals surface area contributed by atoms with E-state index in [9.17, 15) is 4.79 Å². The number of hydrogen-bond acceptors (Lipinski definition) is 4. The topological polar surface area (TPSA) is 59.6 Å². The fraction of sp³-hybridized carbons (Fsp3) is 0.364. The zero-order chi connectivity index (χ0) is 20.3. The summed E-state index contributed by atoms with van der Waals surface area (Å²) in [6.45, 7) is 7.46.